The highest BCUT2D eigenvalue weighted by molar-refractivity contribution is 5.75. The lowest BCUT2D eigenvalue weighted by Crippen LogP contribution is -2.51. The van der Waals surface area contributed by atoms with Crippen LogP contribution < -0.4 is 11.1 Å². The van der Waals surface area contributed by atoms with Gasteiger partial charge in [0.25, 0.3) is 0 Å². The molecule has 3 N–H and O–H groups in total. The van der Waals surface area contributed by atoms with Crippen LogP contribution in [0.3, 0.4) is 0 Å². The minimum Gasteiger partial charge on any atom is -0.369 e. The van der Waals surface area contributed by atoms with Crippen molar-refractivity contribution in [3.63, 3.8) is 0 Å². The van der Waals surface area contributed by atoms with E-state index in [9.17, 15) is 4.79 Å². The molecule has 3 atom stereocenters. The number of carbonyl (C=O) groups excluding carboxylic acids is 1. The van der Waals surface area contributed by atoms with Gasteiger partial charge in [-0.25, -0.2) is 0 Å². The molecule has 1 aliphatic carbocycles. The number of primary amides is 1. The minimum atomic E-state index is -0.206. The molecule has 1 saturated heterocycles. The number of nitrogens with zero attached hydrogens (tertiary/aromatic N) is 1. The largest absolute Gasteiger partial charge is 0.369 e. The summed E-state index contributed by atoms with van der Waals surface area (Å²) < 4.78 is 0. The third-order valence-electron chi connectivity index (χ3n) is 5.44. The lowest BCUT2D eigenvalue weighted by Gasteiger charge is -2.41. The summed E-state index contributed by atoms with van der Waals surface area (Å²) in [7, 11) is 0. The average Bonchev–Trinajstić information content (AvgIpc) is 2.40. The van der Waals surface area contributed by atoms with Crippen molar-refractivity contribution < 1.29 is 4.79 Å². The van der Waals surface area contributed by atoms with E-state index < -0.39 is 0 Å². The topological polar surface area (TPSA) is 58.4 Å². The van der Waals surface area contributed by atoms with Crippen molar-refractivity contribution in [1.29, 1.82) is 0 Å². The van der Waals surface area contributed by atoms with Gasteiger partial charge in [0.15, 0.2) is 0 Å². The molecule has 0 aromatic heterocycles. The van der Waals surface area contributed by atoms with E-state index in [0.29, 0.717) is 18.6 Å². The highest BCUT2D eigenvalue weighted by Gasteiger charge is 2.32. The van der Waals surface area contributed by atoms with Crippen molar-refractivity contribution in [3.8, 4) is 0 Å². The fourth-order valence-corrected chi connectivity index (χ4v) is 4.17. The van der Waals surface area contributed by atoms with E-state index in [0.717, 1.165) is 43.7 Å². The normalized spacial score (nSPS) is 32.5. The summed E-state index contributed by atoms with van der Waals surface area (Å²) in [6.45, 7) is 9.53. The van der Waals surface area contributed by atoms with Crippen molar-refractivity contribution in [2.24, 2.45) is 23.5 Å². The molecule has 2 aliphatic rings. The Morgan fingerprint density at radius 2 is 1.90 bits per heavy atom. The van der Waals surface area contributed by atoms with Crippen LogP contribution in [0.1, 0.15) is 52.9 Å². The van der Waals surface area contributed by atoms with E-state index in [1.807, 2.05) is 0 Å². The van der Waals surface area contributed by atoms with E-state index in [4.69, 9.17) is 5.73 Å². The van der Waals surface area contributed by atoms with Crippen molar-refractivity contribution in [3.05, 3.63) is 0 Å². The van der Waals surface area contributed by atoms with Crippen molar-refractivity contribution in [1.82, 2.24) is 10.2 Å². The molecule has 1 aliphatic heterocycles. The van der Waals surface area contributed by atoms with Gasteiger partial charge < -0.3 is 11.1 Å². The number of carbonyl (C=O) groups is 1. The number of hydrogen-bond donors (Lipinski definition) is 2. The molecule has 0 aromatic rings. The van der Waals surface area contributed by atoms with Gasteiger partial charge in [0.2, 0.25) is 5.91 Å². The van der Waals surface area contributed by atoms with Gasteiger partial charge in [-0.1, -0.05) is 27.2 Å². The first kappa shape index (κ1) is 16.8. The maximum absolute atomic E-state index is 11.0. The van der Waals surface area contributed by atoms with Gasteiger partial charge in [0, 0.05) is 25.2 Å². The van der Waals surface area contributed by atoms with Gasteiger partial charge in [0.05, 0.1) is 6.54 Å². The van der Waals surface area contributed by atoms with E-state index in [2.05, 4.69) is 31.0 Å². The summed E-state index contributed by atoms with van der Waals surface area (Å²) in [5, 5.41) is 3.95. The summed E-state index contributed by atoms with van der Waals surface area (Å²) in [6.07, 6.45) is 6.37. The Balaban J connectivity index is 1.82. The fraction of sp³-hybridized carbons (Fsp3) is 0.941. The van der Waals surface area contributed by atoms with Gasteiger partial charge in [0.1, 0.15) is 0 Å². The summed E-state index contributed by atoms with van der Waals surface area (Å²) in [4.78, 5) is 13.2. The zero-order valence-electron chi connectivity index (χ0n) is 14.0. The van der Waals surface area contributed by atoms with E-state index in [1.165, 1.54) is 19.3 Å². The van der Waals surface area contributed by atoms with Crippen molar-refractivity contribution in [2.75, 3.05) is 19.6 Å². The Morgan fingerprint density at radius 1 is 1.24 bits per heavy atom. The Labute approximate surface area is 129 Å². The zero-order valence-corrected chi connectivity index (χ0v) is 14.0. The highest BCUT2D eigenvalue weighted by Crippen LogP contribution is 2.34. The molecule has 1 amide bonds. The average molecular weight is 295 g/mol. The van der Waals surface area contributed by atoms with Gasteiger partial charge >= 0.3 is 0 Å². The van der Waals surface area contributed by atoms with Crippen LogP contribution in [0.5, 0.6) is 0 Å². The predicted molar refractivity (Wildman–Crippen MR) is 86.9 cm³/mol. The first-order valence-corrected chi connectivity index (χ1v) is 8.72. The van der Waals surface area contributed by atoms with E-state index in [-0.39, 0.29) is 5.91 Å². The number of nitrogens with two attached hydrogens (primary N) is 1. The Hall–Kier alpha value is -0.610. The van der Waals surface area contributed by atoms with Crippen LogP contribution in [0.15, 0.2) is 0 Å². The molecule has 4 nitrogen and oxygen atoms in total. The maximum Gasteiger partial charge on any atom is 0.231 e. The number of amides is 1. The smallest absolute Gasteiger partial charge is 0.231 e. The molecule has 3 unspecified atom stereocenters. The first-order chi connectivity index (χ1) is 9.95. The molecule has 2 fully saturated rings. The zero-order chi connectivity index (χ0) is 15.4. The molecule has 4 heteroatoms. The van der Waals surface area contributed by atoms with Gasteiger partial charge in [-0.2, -0.15) is 0 Å². The minimum absolute atomic E-state index is 0.206. The number of rotatable bonds is 5. The number of piperidine rings is 1. The SMILES string of the molecule is CC1CCC(C(C)C)C(NC2CCN(CC(N)=O)CC2)C1. The summed E-state index contributed by atoms with van der Waals surface area (Å²) >= 11 is 0. The molecule has 0 bridgehead atoms. The molecule has 0 aromatic carbocycles. The lowest BCUT2D eigenvalue weighted by molar-refractivity contribution is -0.119. The Bertz CT molecular complexity index is 337. The van der Waals surface area contributed by atoms with Gasteiger partial charge in [-0.05, 0) is 43.4 Å². The summed E-state index contributed by atoms with van der Waals surface area (Å²) in [6, 6.07) is 1.30. The van der Waals surface area contributed by atoms with Crippen LogP contribution in [-0.4, -0.2) is 42.5 Å². The highest BCUT2D eigenvalue weighted by atomic mass is 16.1. The number of nitrogens with one attached hydrogen (secondary N) is 1. The second kappa shape index (κ2) is 7.59. The molecule has 122 valence electrons. The van der Waals surface area contributed by atoms with Crippen molar-refractivity contribution in [2.45, 2.75) is 65.0 Å². The summed E-state index contributed by atoms with van der Waals surface area (Å²) in [5.41, 5.74) is 5.28. The quantitative estimate of drug-likeness (QED) is 0.815. The molecule has 0 spiro atoms. The standard InChI is InChI=1S/C17H33N3O/c1-12(2)15-5-4-13(3)10-16(15)19-14-6-8-20(9-7-14)11-17(18)21/h12-16,19H,4-11H2,1-3H3,(H2,18,21). The van der Waals surface area contributed by atoms with Crippen LogP contribution in [0.25, 0.3) is 0 Å². The third kappa shape index (κ3) is 4.96. The molecular formula is C17H33N3O. The molecule has 1 heterocycles. The van der Waals surface area contributed by atoms with Crippen LogP contribution >= 0.6 is 0 Å². The number of hydrogen-bond acceptors (Lipinski definition) is 3. The first-order valence-electron chi connectivity index (χ1n) is 8.72. The Kier molecular flexibility index (Phi) is 6.06. The van der Waals surface area contributed by atoms with Crippen LogP contribution in [0.2, 0.25) is 0 Å². The van der Waals surface area contributed by atoms with Gasteiger partial charge in [-0.15, -0.1) is 0 Å². The second-order valence-corrected chi connectivity index (χ2v) is 7.62. The lowest BCUT2D eigenvalue weighted by atomic mass is 9.73. The molecule has 2 rings (SSSR count). The third-order valence-corrected chi connectivity index (χ3v) is 5.44. The molecule has 1 saturated carbocycles. The predicted octanol–water partition coefficient (Wildman–Crippen LogP) is 1.99. The molecule has 21 heavy (non-hydrogen) atoms. The monoisotopic (exact) mass is 295 g/mol. The maximum atomic E-state index is 11.0. The van der Waals surface area contributed by atoms with Gasteiger partial charge in [-0.3, -0.25) is 9.69 Å². The Morgan fingerprint density at radius 3 is 2.48 bits per heavy atom. The van der Waals surface area contributed by atoms with Crippen LogP contribution in [0.4, 0.5) is 0 Å². The summed E-state index contributed by atoms with van der Waals surface area (Å²) in [5.74, 6) is 2.24. The number of likely N-dealkylation sites (tertiary alicyclic amines) is 1. The van der Waals surface area contributed by atoms with Crippen molar-refractivity contribution >= 4 is 5.91 Å². The van der Waals surface area contributed by atoms with E-state index >= 15 is 0 Å². The van der Waals surface area contributed by atoms with E-state index in [1.54, 1.807) is 0 Å². The molecular weight excluding hydrogens is 262 g/mol. The van der Waals surface area contributed by atoms with Crippen LogP contribution in [0, 0.1) is 17.8 Å². The molecule has 0 radical (unpaired) electrons. The second-order valence-electron chi connectivity index (χ2n) is 7.62. The fourth-order valence-electron chi connectivity index (χ4n) is 4.17. The van der Waals surface area contributed by atoms with Crippen LogP contribution in [-0.2, 0) is 4.79 Å².